The first-order valence-electron chi connectivity index (χ1n) is 7.11. The van der Waals surface area contributed by atoms with Crippen molar-refractivity contribution in [3.63, 3.8) is 0 Å². The Morgan fingerprint density at radius 1 is 1.43 bits per heavy atom. The monoisotopic (exact) mass is 287 g/mol. The van der Waals surface area contributed by atoms with E-state index in [1.54, 1.807) is 29.2 Å². The van der Waals surface area contributed by atoms with E-state index in [2.05, 4.69) is 22.3 Å². The first-order chi connectivity index (χ1) is 9.99. The van der Waals surface area contributed by atoms with E-state index in [9.17, 15) is 4.79 Å². The second-order valence-electron chi connectivity index (χ2n) is 5.28. The topological polar surface area (TPSA) is 85.8 Å². The Kier molecular flexibility index (Phi) is 4.57. The zero-order valence-electron chi connectivity index (χ0n) is 12.6. The van der Waals surface area contributed by atoms with Gasteiger partial charge in [0.1, 0.15) is 5.82 Å². The smallest absolute Gasteiger partial charge is 0.255 e. The summed E-state index contributed by atoms with van der Waals surface area (Å²) in [7, 11) is 0. The average Bonchev–Trinajstić information content (AvgIpc) is 2.87. The third kappa shape index (κ3) is 3.81. The summed E-state index contributed by atoms with van der Waals surface area (Å²) in [6.45, 7) is 6.11. The van der Waals surface area contributed by atoms with E-state index in [0.29, 0.717) is 17.1 Å². The third-order valence-electron chi connectivity index (χ3n) is 3.05. The standard InChI is InChI=1S/C15H21N5O/c1-4-5-12-6-11(7-14(16)18-12)15(21)19-13-8-17-20(9-13)10(2)3/h6-10H,4-5H2,1-3H3,(H2,16,18)(H,19,21). The van der Waals surface area contributed by atoms with E-state index in [1.165, 1.54) is 0 Å². The number of carbonyl (C=O) groups is 1. The van der Waals surface area contributed by atoms with E-state index >= 15 is 0 Å². The van der Waals surface area contributed by atoms with Gasteiger partial charge in [-0.15, -0.1) is 0 Å². The summed E-state index contributed by atoms with van der Waals surface area (Å²) in [5.41, 5.74) is 7.78. The molecular weight excluding hydrogens is 266 g/mol. The Bertz CT molecular complexity index is 633. The van der Waals surface area contributed by atoms with Crippen LogP contribution in [0, 0.1) is 0 Å². The number of nitrogens with one attached hydrogen (secondary N) is 1. The summed E-state index contributed by atoms with van der Waals surface area (Å²) in [4.78, 5) is 16.5. The van der Waals surface area contributed by atoms with Gasteiger partial charge >= 0.3 is 0 Å². The number of aryl methyl sites for hydroxylation is 1. The number of aromatic nitrogens is 3. The molecule has 1 amide bonds. The van der Waals surface area contributed by atoms with Crippen LogP contribution in [0.2, 0.25) is 0 Å². The number of nitrogens with two attached hydrogens (primary N) is 1. The number of hydrogen-bond donors (Lipinski definition) is 2. The van der Waals surface area contributed by atoms with Gasteiger partial charge in [0.15, 0.2) is 0 Å². The lowest BCUT2D eigenvalue weighted by molar-refractivity contribution is 0.102. The van der Waals surface area contributed by atoms with Crippen LogP contribution in [0.15, 0.2) is 24.5 Å². The summed E-state index contributed by atoms with van der Waals surface area (Å²) in [5.74, 6) is 0.161. The molecule has 0 saturated carbocycles. The third-order valence-corrected chi connectivity index (χ3v) is 3.05. The van der Waals surface area contributed by atoms with Gasteiger partial charge in [-0.2, -0.15) is 5.10 Å². The fraction of sp³-hybridized carbons (Fsp3) is 0.400. The largest absolute Gasteiger partial charge is 0.384 e. The summed E-state index contributed by atoms with van der Waals surface area (Å²) in [6, 6.07) is 3.62. The van der Waals surface area contributed by atoms with Crippen LogP contribution < -0.4 is 11.1 Å². The molecule has 2 aromatic heterocycles. The molecule has 0 atom stereocenters. The quantitative estimate of drug-likeness (QED) is 0.885. The normalized spacial score (nSPS) is 10.9. The van der Waals surface area contributed by atoms with Crippen molar-refractivity contribution in [2.45, 2.75) is 39.7 Å². The molecule has 6 heteroatoms. The highest BCUT2D eigenvalue weighted by atomic mass is 16.1. The molecule has 2 aromatic rings. The minimum absolute atomic E-state index is 0.204. The summed E-state index contributed by atoms with van der Waals surface area (Å²) in [6.07, 6.45) is 5.20. The van der Waals surface area contributed by atoms with Crippen molar-refractivity contribution in [2.75, 3.05) is 11.1 Å². The lowest BCUT2D eigenvalue weighted by atomic mass is 10.1. The molecule has 0 aliphatic rings. The molecule has 0 unspecified atom stereocenters. The number of amides is 1. The Morgan fingerprint density at radius 3 is 2.81 bits per heavy atom. The van der Waals surface area contributed by atoms with Gasteiger partial charge in [0.25, 0.3) is 5.91 Å². The zero-order valence-corrected chi connectivity index (χ0v) is 12.6. The van der Waals surface area contributed by atoms with Gasteiger partial charge in [0.05, 0.1) is 11.9 Å². The molecule has 6 nitrogen and oxygen atoms in total. The molecule has 0 aliphatic heterocycles. The van der Waals surface area contributed by atoms with Crippen molar-refractivity contribution in [1.82, 2.24) is 14.8 Å². The molecule has 0 saturated heterocycles. The fourth-order valence-corrected chi connectivity index (χ4v) is 2.01. The molecule has 3 N–H and O–H groups in total. The van der Waals surface area contributed by atoms with Crippen LogP contribution in [0.5, 0.6) is 0 Å². The molecule has 2 heterocycles. The van der Waals surface area contributed by atoms with E-state index in [0.717, 1.165) is 18.5 Å². The van der Waals surface area contributed by atoms with Crippen molar-refractivity contribution >= 4 is 17.4 Å². The minimum atomic E-state index is -0.204. The second kappa shape index (κ2) is 6.39. The number of anilines is 2. The summed E-state index contributed by atoms with van der Waals surface area (Å²) in [5, 5.41) is 7.02. The van der Waals surface area contributed by atoms with Crippen LogP contribution in [-0.2, 0) is 6.42 Å². The van der Waals surface area contributed by atoms with Crippen LogP contribution in [0.3, 0.4) is 0 Å². The predicted molar refractivity (Wildman–Crippen MR) is 83.2 cm³/mol. The molecule has 2 rings (SSSR count). The highest BCUT2D eigenvalue weighted by Gasteiger charge is 2.11. The maximum Gasteiger partial charge on any atom is 0.255 e. The molecular formula is C15H21N5O. The Labute approximate surface area is 124 Å². The number of carbonyl (C=O) groups excluding carboxylic acids is 1. The maximum absolute atomic E-state index is 12.3. The second-order valence-corrected chi connectivity index (χ2v) is 5.28. The van der Waals surface area contributed by atoms with Gasteiger partial charge in [0, 0.05) is 23.5 Å². The van der Waals surface area contributed by atoms with Gasteiger partial charge in [-0.25, -0.2) is 4.98 Å². The first kappa shape index (κ1) is 15.0. The molecule has 0 aromatic carbocycles. The molecule has 0 bridgehead atoms. The van der Waals surface area contributed by atoms with Crippen LogP contribution in [0.1, 0.15) is 49.3 Å². The maximum atomic E-state index is 12.3. The zero-order chi connectivity index (χ0) is 15.4. The first-order valence-corrected chi connectivity index (χ1v) is 7.11. The van der Waals surface area contributed by atoms with Gasteiger partial charge in [0.2, 0.25) is 0 Å². The Hall–Kier alpha value is -2.37. The number of hydrogen-bond acceptors (Lipinski definition) is 4. The average molecular weight is 287 g/mol. The number of pyridine rings is 1. The van der Waals surface area contributed by atoms with Crippen molar-refractivity contribution in [3.05, 3.63) is 35.8 Å². The van der Waals surface area contributed by atoms with Gasteiger partial charge in [-0.1, -0.05) is 13.3 Å². The van der Waals surface area contributed by atoms with Crippen molar-refractivity contribution in [3.8, 4) is 0 Å². The van der Waals surface area contributed by atoms with Gasteiger partial charge in [-0.05, 0) is 32.4 Å². The SMILES string of the molecule is CCCc1cc(C(=O)Nc2cnn(C(C)C)c2)cc(N)n1. The van der Waals surface area contributed by atoms with E-state index in [-0.39, 0.29) is 11.9 Å². The van der Waals surface area contributed by atoms with E-state index < -0.39 is 0 Å². The minimum Gasteiger partial charge on any atom is -0.384 e. The molecule has 21 heavy (non-hydrogen) atoms. The summed E-state index contributed by atoms with van der Waals surface area (Å²) < 4.78 is 1.79. The van der Waals surface area contributed by atoms with Crippen molar-refractivity contribution in [2.24, 2.45) is 0 Å². The lowest BCUT2D eigenvalue weighted by Crippen LogP contribution is -2.13. The molecule has 112 valence electrons. The highest BCUT2D eigenvalue weighted by molar-refractivity contribution is 6.04. The molecule has 0 spiro atoms. The van der Waals surface area contributed by atoms with Gasteiger partial charge < -0.3 is 11.1 Å². The Balaban J connectivity index is 2.15. The number of nitrogens with zero attached hydrogens (tertiary/aromatic N) is 3. The molecule has 0 radical (unpaired) electrons. The van der Waals surface area contributed by atoms with Crippen LogP contribution >= 0.6 is 0 Å². The Morgan fingerprint density at radius 2 is 2.19 bits per heavy atom. The van der Waals surface area contributed by atoms with Crippen LogP contribution in [0.25, 0.3) is 0 Å². The van der Waals surface area contributed by atoms with Gasteiger partial charge in [-0.3, -0.25) is 9.48 Å². The summed E-state index contributed by atoms with van der Waals surface area (Å²) >= 11 is 0. The molecule has 0 aliphatic carbocycles. The number of nitrogen functional groups attached to an aromatic ring is 1. The molecule has 0 fully saturated rings. The van der Waals surface area contributed by atoms with Crippen LogP contribution in [-0.4, -0.2) is 20.7 Å². The van der Waals surface area contributed by atoms with E-state index in [4.69, 9.17) is 5.73 Å². The van der Waals surface area contributed by atoms with E-state index in [1.807, 2.05) is 13.8 Å². The predicted octanol–water partition coefficient (Wildman–Crippen LogP) is 2.65. The number of rotatable bonds is 5. The van der Waals surface area contributed by atoms with Crippen LogP contribution in [0.4, 0.5) is 11.5 Å². The highest BCUT2D eigenvalue weighted by Crippen LogP contribution is 2.14. The fourth-order valence-electron chi connectivity index (χ4n) is 2.01. The van der Waals surface area contributed by atoms with Crippen molar-refractivity contribution < 1.29 is 4.79 Å². The van der Waals surface area contributed by atoms with Crippen molar-refractivity contribution in [1.29, 1.82) is 0 Å². The lowest BCUT2D eigenvalue weighted by Gasteiger charge is -2.06.